The Bertz CT molecular complexity index is 435. The van der Waals surface area contributed by atoms with E-state index in [1.807, 2.05) is 0 Å². The van der Waals surface area contributed by atoms with Gasteiger partial charge in [-0.2, -0.15) is 5.10 Å². The van der Waals surface area contributed by atoms with E-state index in [-0.39, 0.29) is 5.41 Å². The lowest BCUT2D eigenvalue weighted by Gasteiger charge is -2.36. The molecule has 0 amide bonds. The maximum absolute atomic E-state index is 6.24. The van der Waals surface area contributed by atoms with E-state index < -0.39 is 0 Å². The summed E-state index contributed by atoms with van der Waals surface area (Å²) >= 11 is 0. The average molecular weight is 250 g/mol. The van der Waals surface area contributed by atoms with E-state index >= 15 is 0 Å². The number of anilines is 2. The van der Waals surface area contributed by atoms with Crippen molar-refractivity contribution < 1.29 is 0 Å². The normalized spacial score (nSPS) is 18.3. The van der Waals surface area contributed by atoms with E-state index in [1.165, 1.54) is 12.8 Å². The quantitative estimate of drug-likeness (QED) is 0.848. The van der Waals surface area contributed by atoms with Crippen LogP contribution < -0.4 is 11.1 Å². The maximum Gasteiger partial charge on any atom is 0.148 e. The predicted molar refractivity (Wildman–Crippen MR) is 76.8 cm³/mol. The molecule has 0 aromatic carbocycles. The van der Waals surface area contributed by atoms with Crippen molar-refractivity contribution in [1.82, 2.24) is 9.78 Å². The molecule has 0 radical (unpaired) electrons. The maximum atomic E-state index is 6.24. The van der Waals surface area contributed by atoms with Crippen molar-refractivity contribution in [1.29, 1.82) is 0 Å². The van der Waals surface area contributed by atoms with Crippen LogP contribution in [0.15, 0.2) is 0 Å². The van der Waals surface area contributed by atoms with Crippen LogP contribution in [0.25, 0.3) is 0 Å². The van der Waals surface area contributed by atoms with E-state index in [0.29, 0.717) is 5.41 Å². The summed E-state index contributed by atoms with van der Waals surface area (Å²) in [4.78, 5) is 0. The molecule has 2 rings (SSSR count). The summed E-state index contributed by atoms with van der Waals surface area (Å²) in [6.45, 7) is 13.0. The third-order valence-corrected chi connectivity index (χ3v) is 4.32. The smallest absolute Gasteiger partial charge is 0.148 e. The van der Waals surface area contributed by atoms with Gasteiger partial charge in [-0.3, -0.25) is 0 Å². The summed E-state index contributed by atoms with van der Waals surface area (Å²) < 4.78 is 2.08. The van der Waals surface area contributed by atoms with Crippen LogP contribution in [0.1, 0.15) is 53.2 Å². The molecule has 3 N–H and O–H groups in total. The monoisotopic (exact) mass is 250 g/mol. The predicted octanol–water partition coefficient (Wildman–Crippen LogP) is 2.99. The van der Waals surface area contributed by atoms with Crippen LogP contribution >= 0.6 is 0 Å². The zero-order valence-electron chi connectivity index (χ0n) is 12.3. The van der Waals surface area contributed by atoms with Gasteiger partial charge in [0.05, 0.1) is 17.9 Å². The number of nitrogens with zero attached hydrogens (tertiary/aromatic N) is 2. The van der Waals surface area contributed by atoms with E-state index in [0.717, 1.165) is 30.3 Å². The molecule has 1 aromatic rings. The van der Waals surface area contributed by atoms with Gasteiger partial charge in [-0.05, 0) is 12.8 Å². The molecule has 0 atom stereocenters. The van der Waals surface area contributed by atoms with Gasteiger partial charge in [0.25, 0.3) is 0 Å². The minimum absolute atomic E-state index is 0.00279. The van der Waals surface area contributed by atoms with Crippen molar-refractivity contribution >= 4 is 11.5 Å². The molecular formula is C14H26N4. The van der Waals surface area contributed by atoms with Gasteiger partial charge < -0.3 is 11.1 Å². The molecule has 18 heavy (non-hydrogen) atoms. The molecule has 0 saturated heterocycles. The molecule has 1 aromatic heterocycles. The van der Waals surface area contributed by atoms with Crippen LogP contribution in [0.4, 0.5) is 11.5 Å². The number of hydrogen-bond acceptors (Lipinski definition) is 3. The first-order valence-corrected chi connectivity index (χ1v) is 6.93. The molecule has 0 fully saturated rings. The highest BCUT2D eigenvalue weighted by Gasteiger charge is 2.35. The Balaban J connectivity index is 2.41. The van der Waals surface area contributed by atoms with Crippen molar-refractivity contribution in [2.24, 2.45) is 5.41 Å². The van der Waals surface area contributed by atoms with Crippen LogP contribution in [0.2, 0.25) is 0 Å². The lowest BCUT2D eigenvalue weighted by Crippen LogP contribution is -2.38. The van der Waals surface area contributed by atoms with Gasteiger partial charge in [-0.1, -0.05) is 34.6 Å². The lowest BCUT2D eigenvalue weighted by molar-refractivity contribution is 0.213. The van der Waals surface area contributed by atoms with E-state index in [4.69, 9.17) is 10.8 Å². The third kappa shape index (κ3) is 1.98. The Kier molecular flexibility index (Phi) is 3.07. The molecule has 102 valence electrons. The van der Waals surface area contributed by atoms with Crippen molar-refractivity contribution in [3.8, 4) is 0 Å². The van der Waals surface area contributed by atoms with Gasteiger partial charge in [-0.25, -0.2) is 4.68 Å². The molecule has 0 unspecified atom stereocenters. The van der Waals surface area contributed by atoms with Crippen LogP contribution in [-0.2, 0) is 12.0 Å². The molecule has 1 aliphatic rings. The minimum Gasteiger partial charge on any atom is -0.394 e. The summed E-state index contributed by atoms with van der Waals surface area (Å²) in [5, 5.41) is 8.23. The van der Waals surface area contributed by atoms with Crippen molar-refractivity contribution in [2.45, 2.75) is 59.4 Å². The minimum atomic E-state index is -0.00279. The first kappa shape index (κ1) is 13.2. The fourth-order valence-electron chi connectivity index (χ4n) is 2.70. The number of nitrogens with one attached hydrogen (secondary N) is 1. The van der Waals surface area contributed by atoms with Gasteiger partial charge in [0, 0.05) is 17.4 Å². The lowest BCUT2D eigenvalue weighted by atomic mass is 9.81. The molecule has 1 aliphatic heterocycles. The molecule has 4 heteroatoms. The summed E-state index contributed by atoms with van der Waals surface area (Å²) in [6, 6.07) is 0. The van der Waals surface area contributed by atoms with Crippen molar-refractivity contribution in [2.75, 3.05) is 17.6 Å². The summed E-state index contributed by atoms with van der Waals surface area (Å²) in [5.74, 6) is 1.01. The molecule has 0 saturated carbocycles. The second kappa shape index (κ2) is 4.18. The topological polar surface area (TPSA) is 55.9 Å². The fraction of sp³-hybridized carbons (Fsp3) is 0.786. The van der Waals surface area contributed by atoms with Crippen LogP contribution in [0.5, 0.6) is 0 Å². The molecular weight excluding hydrogens is 224 g/mol. The van der Waals surface area contributed by atoms with Gasteiger partial charge >= 0.3 is 0 Å². The Morgan fingerprint density at radius 2 is 1.94 bits per heavy atom. The van der Waals surface area contributed by atoms with Gasteiger partial charge in [0.2, 0.25) is 0 Å². The van der Waals surface area contributed by atoms with E-state index in [9.17, 15) is 0 Å². The highest BCUT2D eigenvalue weighted by atomic mass is 15.4. The summed E-state index contributed by atoms with van der Waals surface area (Å²) in [6.07, 6.45) is 2.33. The Hall–Kier alpha value is -1.19. The van der Waals surface area contributed by atoms with Gasteiger partial charge in [0.15, 0.2) is 0 Å². The highest BCUT2D eigenvalue weighted by Crippen LogP contribution is 2.39. The Labute approximate surface area is 110 Å². The van der Waals surface area contributed by atoms with Crippen LogP contribution in [0.3, 0.4) is 0 Å². The van der Waals surface area contributed by atoms with Crippen molar-refractivity contribution in [3.63, 3.8) is 0 Å². The van der Waals surface area contributed by atoms with Crippen LogP contribution in [0, 0.1) is 5.41 Å². The fourth-order valence-corrected chi connectivity index (χ4v) is 2.70. The SMILES string of the molecule is CCC1(CC)CNc2c(N)c(C(C)(C)C)nn2C1. The highest BCUT2D eigenvalue weighted by molar-refractivity contribution is 5.67. The number of fused-ring (bicyclic) bond motifs is 1. The molecule has 0 bridgehead atoms. The molecule has 4 nitrogen and oxygen atoms in total. The molecule has 2 heterocycles. The van der Waals surface area contributed by atoms with Gasteiger partial charge in [0.1, 0.15) is 5.82 Å². The van der Waals surface area contributed by atoms with Gasteiger partial charge in [-0.15, -0.1) is 0 Å². The molecule has 0 aliphatic carbocycles. The van der Waals surface area contributed by atoms with Crippen molar-refractivity contribution in [3.05, 3.63) is 5.69 Å². The Morgan fingerprint density at radius 3 is 2.44 bits per heavy atom. The number of rotatable bonds is 2. The summed E-state index contributed by atoms with van der Waals surface area (Å²) in [7, 11) is 0. The number of nitrogens with two attached hydrogens (primary N) is 1. The van der Waals surface area contributed by atoms with E-state index in [2.05, 4.69) is 44.6 Å². The Morgan fingerprint density at radius 1 is 1.33 bits per heavy atom. The van der Waals surface area contributed by atoms with E-state index in [1.54, 1.807) is 0 Å². The number of nitrogen functional groups attached to an aromatic ring is 1. The number of aromatic nitrogens is 2. The third-order valence-electron chi connectivity index (χ3n) is 4.32. The largest absolute Gasteiger partial charge is 0.394 e. The zero-order chi connectivity index (χ0) is 13.6. The first-order valence-electron chi connectivity index (χ1n) is 6.93. The average Bonchev–Trinajstić information content (AvgIpc) is 2.65. The van der Waals surface area contributed by atoms with Crippen LogP contribution in [-0.4, -0.2) is 16.3 Å². The molecule has 0 spiro atoms. The first-order chi connectivity index (χ1) is 8.33. The zero-order valence-corrected chi connectivity index (χ0v) is 12.3. The number of hydrogen-bond donors (Lipinski definition) is 2. The second-order valence-electron chi connectivity index (χ2n) is 6.58. The standard InChI is InChI=1S/C14H26N4/c1-6-14(7-2)8-16-12-10(15)11(13(3,4)5)17-18(12)9-14/h16H,6-9,15H2,1-5H3. The summed E-state index contributed by atoms with van der Waals surface area (Å²) in [5.41, 5.74) is 8.38. The second-order valence-corrected chi connectivity index (χ2v) is 6.58.